The Hall–Kier alpha value is -1.26. The van der Waals surface area contributed by atoms with Crippen LogP contribution in [0.15, 0.2) is 18.2 Å². The number of amides is 1. The van der Waals surface area contributed by atoms with E-state index in [1.165, 1.54) is 7.11 Å². The second-order valence-corrected chi connectivity index (χ2v) is 5.25. The van der Waals surface area contributed by atoms with Gasteiger partial charge in [-0.25, -0.2) is 0 Å². The van der Waals surface area contributed by atoms with E-state index in [1.54, 1.807) is 12.1 Å². The van der Waals surface area contributed by atoms with Gasteiger partial charge in [0.2, 0.25) is 5.91 Å². The molecule has 1 fully saturated rings. The molecule has 0 unspecified atom stereocenters. The smallest absolute Gasteiger partial charge is 0.325 e. The molecule has 1 aromatic rings. The minimum Gasteiger partial charge on any atom is -0.468 e. The van der Waals surface area contributed by atoms with Crippen LogP contribution in [0.3, 0.4) is 0 Å². The van der Waals surface area contributed by atoms with Crippen molar-refractivity contribution in [3.05, 3.63) is 33.8 Å². The lowest BCUT2D eigenvalue weighted by atomic mass is 10.1. The second kappa shape index (κ2) is 5.80. The van der Waals surface area contributed by atoms with E-state index < -0.39 is 5.97 Å². The van der Waals surface area contributed by atoms with Crippen molar-refractivity contribution in [3.63, 3.8) is 0 Å². The Morgan fingerprint density at radius 1 is 1.42 bits per heavy atom. The topological polar surface area (TPSA) is 55.4 Å². The number of ether oxygens (including phenoxy) is 1. The molecule has 4 nitrogen and oxygen atoms in total. The lowest BCUT2D eigenvalue weighted by Crippen LogP contribution is -2.31. The largest absolute Gasteiger partial charge is 0.468 e. The summed E-state index contributed by atoms with van der Waals surface area (Å²) in [6, 6.07) is 5.26. The highest BCUT2D eigenvalue weighted by molar-refractivity contribution is 6.35. The number of carbonyl (C=O) groups is 2. The van der Waals surface area contributed by atoms with Gasteiger partial charge in [-0.3, -0.25) is 9.59 Å². The highest BCUT2D eigenvalue weighted by Crippen LogP contribution is 2.49. The van der Waals surface area contributed by atoms with E-state index in [9.17, 15) is 9.59 Å². The average molecular weight is 302 g/mol. The molecule has 6 heteroatoms. The molecule has 0 aromatic heterocycles. The summed E-state index contributed by atoms with van der Waals surface area (Å²) in [5.74, 6) is -0.651. The molecule has 2 rings (SSSR count). The van der Waals surface area contributed by atoms with Crippen molar-refractivity contribution in [1.82, 2.24) is 5.32 Å². The normalized spacial score (nSPS) is 20.8. The van der Waals surface area contributed by atoms with Gasteiger partial charge >= 0.3 is 5.97 Å². The number of rotatable bonds is 4. The van der Waals surface area contributed by atoms with Crippen molar-refractivity contribution in [2.24, 2.45) is 5.92 Å². The van der Waals surface area contributed by atoms with E-state index in [2.05, 4.69) is 10.1 Å². The van der Waals surface area contributed by atoms with Gasteiger partial charge in [-0.1, -0.05) is 29.3 Å². The van der Waals surface area contributed by atoms with Crippen LogP contribution in [0.5, 0.6) is 0 Å². The van der Waals surface area contributed by atoms with E-state index in [1.807, 2.05) is 6.07 Å². The van der Waals surface area contributed by atoms with E-state index in [0.29, 0.717) is 10.0 Å². The highest BCUT2D eigenvalue weighted by atomic mass is 35.5. The first-order valence-corrected chi connectivity index (χ1v) is 6.58. The first-order chi connectivity index (χ1) is 9.02. The first kappa shape index (κ1) is 14.2. The van der Waals surface area contributed by atoms with Crippen LogP contribution >= 0.6 is 23.2 Å². The standard InChI is InChI=1S/C13H13Cl2NO3/c1-19-12(17)6-16-13(18)10-5-9(10)8-3-2-7(14)4-11(8)15/h2-4,9-10H,5-6H2,1H3,(H,16,18)/t9-,10+/m1/s1. The van der Waals surface area contributed by atoms with Crippen molar-refractivity contribution in [2.75, 3.05) is 13.7 Å². The van der Waals surface area contributed by atoms with Gasteiger partial charge in [-0.2, -0.15) is 0 Å². The van der Waals surface area contributed by atoms with Crippen molar-refractivity contribution >= 4 is 35.1 Å². The van der Waals surface area contributed by atoms with E-state index in [4.69, 9.17) is 23.2 Å². The summed E-state index contributed by atoms with van der Waals surface area (Å²) in [6.45, 7) is -0.104. The van der Waals surface area contributed by atoms with Crippen LogP contribution in [0.1, 0.15) is 17.9 Å². The minimum atomic E-state index is -0.463. The Labute approximate surface area is 121 Å². The fraction of sp³-hybridized carbons (Fsp3) is 0.385. The van der Waals surface area contributed by atoms with Crippen LogP contribution in [0.25, 0.3) is 0 Å². The van der Waals surface area contributed by atoms with Crippen molar-refractivity contribution in [3.8, 4) is 0 Å². The van der Waals surface area contributed by atoms with Gasteiger partial charge in [0, 0.05) is 16.0 Å². The quantitative estimate of drug-likeness (QED) is 0.869. The van der Waals surface area contributed by atoms with Gasteiger partial charge < -0.3 is 10.1 Å². The molecular formula is C13H13Cl2NO3. The Balaban J connectivity index is 1.93. The summed E-state index contributed by atoms with van der Waals surface area (Å²) in [5, 5.41) is 3.68. The molecule has 0 aliphatic heterocycles. The summed E-state index contributed by atoms with van der Waals surface area (Å²) in [7, 11) is 1.28. The third kappa shape index (κ3) is 3.39. The molecule has 1 saturated carbocycles. The molecule has 1 amide bonds. The molecule has 19 heavy (non-hydrogen) atoms. The third-order valence-corrected chi connectivity index (χ3v) is 3.69. The maximum absolute atomic E-state index is 11.8. The number of methoxy groups -OCH3 is 1. The zero-order valence-electron chi connectivity index (χ0n) is 10.3. The van der Waals surface area contributed by atoms with Gasteiger partial charge in [0.25, 0.3) is 0 Å². The maximum Gasteiger partial charge on any atom is 0.325 e. The monoisotopic (exact) mass is 301 g/mol. The second-order valence-electron chi connectivity index (χ2n) is 4.41. The predicted molar refractivity (Wildman–Crippen MR) is 72.3 cm³/mol. The fourth-order valence-corrected chi connectivity index (χ4v) is 2.54. The average Bonchev–Trinajstić information content (AvgIpc) is 3.15. The predicted octanol–water partition coefficient (Wildman–Crippen LogP) is 2.39. The van der Waals surface area contributed by atoms with Crippen molar-refractivity contribution in [1.29, 1.82) is 0 Å². The number of benzene rings is 1. The van der Waals surface area contributed by atoms with Crippen LogP contribution in [-0.4, -0.2) is 25.5 Å². The van der Waals surface area contributed by atoms with Gasteiger partial charge in [0.05, 0.1) is 7.11 Å². The Morgan fingerprint density at radius 3 is 2.79 bits per heavy atom. The molecule has 102 valence electrons. The lowest BCUT2D eigenvalue weighted by molar-refractivity contribution is -0.141. The van der Waals surface area contributed by atoms with Crippen molar-refractivity contribution < 1.29 is 14.3 Å². The molecule has 2 atom stereocenters. The zero-order chi connectivity index (χ0) is 14.0. The molecule has 0 heterocycles. The van der Waals surface area contributed by atoms with E-state index in [0.717, 1.165) is 12.0 Å². The molecule has 0 spiro atoms. The maximum atomic E-state index is 11.8. The molecule has 1 aliphatic carbocycles. The number of hydrogen-bond donors (Lipinski definition) is 1. The third-order valence-electron chi connectivity index (χ3n) is 3.12. The van der Waals surface area contributed by atoms with Gasteiger partial charge in [-0.05, 0) is 30.0 Å². The van der Waals surface area contributed by atoms with Crippen LogP contribution in [0.2, 0.25) is 10.0 Å². The summed E-state index contributed by atoms with van der Waals surface area (Å²) in [6.07, 6.45) is 0.731. The molecule has 1 N–H and O–H groups in total. The van der Waals surface area contributed by atoms with Crippen LogP contribution in [0.4, 0.5) is 0 Å². The number of carbonyl (C=O) groups excluding carboxylic acids is 2. The van der Waals surface area contributed by atoms with Crippen LogP contribution in [-0.2, 0) is 14.3 Å². The Kier molecular flexibility index (Phi) is 4.32. The molecule has 0 bridgehead atoms. The molecule has 0 saturated heterocycles. The summed E-state index contributed by atoms with van der Waals surface area (Å²) in [5.41, 5.74) is 0.921. The highest BCUT2D eigenvalue weighted by Gasteiger charge is 2.44. The SMILES string of the molecule is COC(=O)CNC(=O)[C@H]1C[C@@H]1c1ccc(Cl)cc1Cl. The summed E-state index contributed by atoms with van der Waals surface area (Å²) < 4.78 is 4.46. The Bertz CT molecular complexity index is 519. The summed E-state index contributed by atoms with van der Waals surface area (Å²) in [4.78, 5) is 22.7. The minimum absolute atomic E-state index is 0.0995. The van der Waals surface area contributed by atoms with Gasteiger partial charge in [-0.15, -0.1) is 0 Å². The molecule has 1 aliphatic rings. The number of nitrogens with one attached hydrogen (secondary N) is 1. The van der Waals surface area contributed by atoms with E-state index >= 15 is 0 Å². The van der Waals surface area contributed by atoms with Gasteiger partial charge in [0.15, 0.2) is 0 Å². The molecular weight excluding hydrogens is 289 g/mol. The fourth-order valence-electron chi connectivity index (χ4n) is 1.99. The molecule has 0 radical (unpaired) electrons. The Morgan fingerprint density at radius 2 is 2.16 bits per heavy atom. The lowest BCUT2D eigenvalue weighted by Gasteiger charge is -2.05. The zero-order valence-corrected chi connectivity index (χ0v) is 11.8. The van der Waals surface area contributed by atoms with E-state index in [-0.39, 0.29) is 24.3 Å². The molecule has 1 aromatic carbocycles. The number of hydrogen-bond acceptors (Lipinski definition) is 3. The first-order valence-electron chi connectivity index (χ1n) is 5.82. The number of halogens is 2. The van der Waals surface area contributed by atoms with Gasteiger partial charge in [0.1, 0.15) is 6.54 Å². The van der Waals surface area contributed by atoms with Crippen LogP contribution < -0.4 is 5.32 Å². The number of esters is 1. The van der Waals surface area contributed by atoms with Crippen LogP contribution in [0, 0.1) is 5.92 Å². The van der Waals surface area contributed by atoms with Crippen molar-refractivity contribution in [2.45, 2.75) is 12.3 Å². The summed E-state index contributed by atoms with van der Waals surface area (Å²) >= 11 is 11.9.